The van der Waals surface area contributed by atoms with Crippen molar-refractivity contribution in [1.29, 1.82) is 5.26 Å². The van der Waals surface area contributed by atoms with Gasteiger partial charge in [-0.25, -0.2) is 9.37 Å². The highest BCUT2D eigenvalue weighted by Gasteiger charge is 2.58. The zero-order chi connectivity index (χ0) is 16.7. The lowest BCUT2D eigenvalue weighted by Gasteiger charge is -2.34. The lowest BCUT2D eigenvalue weighted by atomic mass is 9.88. The number of nitriles is 1. The van der Waals surface area contributed by atoms with Crippen LogP contribution < -0.4 is 0 Å². The first-order chi connectivity index (χ1) is 10.9. The molecule has 0 amide bonds. The lowest BCUT2D eigenvalue weighted by molar-refractivity contribution is 0.00996. The molecule has 1 N–H and O–H groups in total. The number of nitrogens with zero attached hydrogens (tertiary/aromatic N) is 3. The van der Waals surface area contributed by atoms with Crippen LogP contribution in [0.25, 0.3) is 0 Å². The summed E-state index contributed by atoms with van der Waals surface area (Å²) >= 11 is 12.3. The van der Waals surface area contributed by atoms with Crippen molar-refractivity contribution in [2.24, 2.45) is 0 Å². The molecule has 1 atom stereocenters. The normalized spacial score (nSPS) is 18.2. The Morgan fingerprint density at radius 2 is 2.22 bits per heavy atom. The highest BCUT2D eigenvalue weighted by Crippen LogP contribution is 2.53. The Kier molecular flexibility index (Phi) is 4.09. The second-order valence-electron chi connectivity index (χ2n) is 5.91. The monoisotopic (exact) mass is 353 g/mol. The number of halogens is 3. The van der Waals surface area contributed by atoms with Crippen molar-refractivity contribution in [2.75, 3.05) is 0 Å². The summed E-state index contributed by atoms with van der Waals surface area (Å²) in [5, 5.41) is 20.3. The molecule has 23 heavy (non-hydrogen) atoms. The van der Waals surface area contributed by atoms with E-state index in [-0.39, 0.29) is 18.0 Å². The van der Waals surface area contributed by atoms with Crippen LogP contribution in [0, 0.1) is 17.1 Å². The maximum absolute atomic E-state index is 14.2. The maximum atomic E-state index is 14.2. The third kappa shape index (κ3) is 2.94. The molecule has 3 rings (SSSR count). The Balaban J connectivity index is 1.95. The topological polar surface area (TPSA) is 61.8 Å². The summed E-state index contributed by atoms with van der Waals surface area (Å²) in [5.41, 5.74) is -0.798. The van der Waals surface area contributed by atoms with E-state index in [0.717, 1.165) is 0 Å². The van der Waals surface area contributed by atoms with Crippen LogP contribution in [0.5, 0.6) is 0 Å². The van der Waals surface area contributed by atoms with Crippen molar-refractivity contribution in [1.82, 2.24) is 9.55 Å². The minimum absolute atomic E-state index is 0.00427. The Hall–Kier alpha value is -1.61. The van der Waals surface area contributed by atoms with Crippen LogP contribution in [-0.2, 0) is 13.0 Å². The molecule has 1 saturated carbocycles. The van der Waals surface area contributed by atoms with Gasteiger partial charge in [0.15, 0.2) is 0 Å². The summed E-state index contributed by atoms with van der Waals surface area (Å²) in [5.74, 6) is -0.556. The second-order valence-corrected chi connectivity index (χ2v) is 7.04. The fourth-order valence-corrected chi connectivity index (χ4v) is 3.17. The highest BCUT2D eigenvalue weighted by molar-refractivity contribution is 6.30. The van der Waals surface area contributed by atoms with E-state index in [4.69, 9.17) is 28.5 Å². The zero-order valence-electron chi connectivity index (χ0n) is 12.1. The van der Waals surface area contributed by atoms with Crippen LogP contribution in [0.3, 0.4) is 0 Å². The molecule has 1 aromatic carbocycles. The molecule has 4 nitrogen and oxygen atoms in total. The van der Waals surface area contributed by atoms with Crippen molar-refractivity contribution in [3.05, 3.63) is 52.8 Å². The minimum atomic E-state index is -1.41. The van der Waals surface area contributed by atoms with E-state index in [1.54, 1.807) is 12.1 Å². The van der Waals surface area contributed by atoms with Crippen molar-refractivity contribution >= 4 is 23.2 Å². The predicted octanol–water partition coefficient (Wildman–Crippen LogP) is 3.29. The van der Waals surface area contributed by atoms with E-state index < -0.39 is 16.3 Å². The van der Waals surface area contributed by atoms with Crippen molar-refractivity contribution in [3.63, 3.8) is 0 Å². The van der Waals surface area contributed by atoms with E-state index >= 15 is 0 Å². The quantitative estimate of drug-likeness (QED) is 0.839. The van der Waals surface area contributed by atoms with Gasteiger partial charge in [0.05, 0.1) is 29.0 Å². The van der Waals surface area contributed by atoms with Crippen LogP contribution in [-0.4, -0.2) is 25.1 Å². The molecule has 2 aromatic rings. The number of benzene rings is 1. The van der Waals surface area contributed by atoms with Crippen molar-refractivity contribution in [3.8, 4) is 6.07 Å². The summed E-state index contributed by atoms with van der Waals surface area (Å²) in [4.78, 5) is 3.07. The standard InChI is InChI=1S/C16H14Cl2FN3O/c17-13-3-1-2-11(14(13)19)6-16(23,15(18)4-5-15)9-22-10-21-8-12(22)7-20/h1-3,8,10,23H,4-6,9H2/t16-/m1/s1. The number of hydrogen-bond acceptors (Lipinski definition) is 3. The number of hydrogen-bond donors (Lipinski definition) is 1. The molecule has 1 aliphatic carbocycles. The Labute approximate surface area is 143 Å². The Bertz CT molecular complexity index is 782. The average molecular weight is 354 g/mol. The average Bonchev–Trinajstić information content (AvgIpc) is 3.12. The fourth-order valence-electron chi connectivity index (χ4n) is 2.75. The first kappa shape index (κ1) is 16.3. The molecule has 0 bridgehead atoms. The highest BCUT2D eigenvalue weighted by atomic mass is 35.5. The summed E-state index contributed by atoms with van der Waals surface area (Å²) in [6.07, 6.45) is 4.13. The summed E-state index contributed by atoms with van der Waals surface area (Å²) in [6.45, 7) is 0.0609. The summed E-state index contributed by atoms with van der Waals surface area (Å²) < 4.78 is 15.7. The molecule has 0 aliphatic heterocycles. The Morgan fingerprint density at radius 3 is 2.87 bits per heavy atom. The van der Waals surface area contributed by atoms with E-state index in [9.17, 15) is 9.50 Å². The number of rotatable bonds is 5. The third-order valence-electron chi connectivity index (χ3n) is 4.30. The van der Waals surface area contributed by atoms with E-state index in [1.807, 2.05) is 6.07 Å². The molecule has 0 unspecified atom stereocenters. The fraction of sp³-hybridized carbons (Fsp3) is 0.375. The molecular formula is C16H14Cl2FN3O. The predicted molar refractivity (Wildman–Crippen MR) is 84.8 cm³/mol. The van der Waals surface area contributed by atoms with Crippen LogP contribution >= 0.6 is 23.2 Å². The molecule has 1 fully saturated rings. The van der Waals surface area contributed by atoms with Crippen LogP contribution in [0.2, 0.25) is 5.02 Å². The van der Waals surface area contributed by atoms with E-state index in [0.29, 0.717) is 24.1 Å². The smallest absolute Gasteiger partial charge is 0.145 e. The van der Waals surface area contributed by atoms with Gasteiger partial charge in [0.2, 0.25) is 0 Å². The molecule has 7 heteroatoms. The molecule has 1 heterocycles. The molecular weight excluding hydrogens is 340 g/mol. The molecule has 0 saturated heterocycles. The number of imidazole rings is 1. The second kappa shape index (κ2) is 5.79. The zero-order valence-corrected chi connectivity index (χ0v) is 13.6. The number of aromatic nitrogens is 2. The van der Waals surface area contributed by atoms with Gasteiger partial charge in [-0.05, 0) is 24.5 Å². The van der Waals surface area contributed by atoms with Crippen LogP contribution in [0.15, 0.2) is 30.7 Å². The molecule has 0 radical (unpaired) electrons. The van der Waals surface area contributed by atoms with E-state index in [1.165, 1.54) is 23.2 Å². The van der Waals surface area contributed by atoms with Gasteiger partial charge in [0, 0.05) is 6.42 Å². The van der Waals surface area contributed by atoms with Gasteiger partial charge in [-0.2, -0.15) is 5.26 Å². The molecule has 1 aliphatic rings. The first-order valence-electron chi connectivity index (χ1n) is 7.13. The van der Waals surface area contributed by atoms with Crippen LogP contribution in [0.4, 0.5) is 4.39 Å². The SMILES string of the molecule is N#Cc1cncn1C[C@](O)(Cc1cccc(Cl)c1F)C1(Cl)CC1. The molecule has 1 aromatic heterocycles. The number of aliphatic hydroxyl groups is 1. The first-order valence-corrected chi connectivity index (χ1v) is 7.88. The summed E-state index contributed by atoms with van der Waals surface area (Å²) in [6, 6.07) is 6.67. The van der Waals surface area contributed by atoms with Gasteiger partial charge in [-0.15, -0.1) is 11.6 Å². The third-order valence-corrected chi connectivity index (χ3v) is 5.32. The largest absolute Gasteiger partial charge is 0.386 e. The Morgan fingerprint density at radius 1 is 1.48 bits per heavy atom. The lowest BCUT2D eigenvalue weighted by Crippen LogP contribution is -2.47. The van der Waals surface area contributed by atoms with Gasteiger partial charge < -0.3 is 9.67 Å². The summed E-state index contributed by atoms with van der Waals surface area (Å²) in [7, 11) is 0. The van der Waals surface area contributed by atoms with E-state index in [2.05, 4.69) is 4.98 Å². The maximum Gasteiger partial charge on any atom is 0.145 e. The van der Waals surface area contributed by atoms with Crippen molar-refractivity contribution in [2.45, 2.75) is 36.3 Å². The van der Waals surface area contributed by atoms with Crippen molar-refractivity contribution < 1.29 is 9.50 Å². The van der Waals surface area contributed by atoms with Crippen LogP contribution in [0.1, 0.15) is 24.1 Å². The van der Waals surface area contributed by atoms with Gasteiger partial charge in [-0.1, -0.05) is 23.7 Å². The molecule has 120 valence electrons. The number of alkyl halides is 1. The van der Waals surface area contributed by atoms with Gasteiger partial charge in [0.1, 0.15) is 23.2 Å². The van der Waals surface area contributed by atoms with Gasteiger partial charge in [0.25, 0.3) is 0 Å². The molecule has 0 spiro atoms. The van der Waals surface area contributed by atoms with Gasteiger partial charge >= 0.3 is 0 Å². The minimum Gasteiger partial charge on any atom is -0.386 e. The van der Waals surface area contributed by atoms with Gasteiger partial charge in [-0.3, -0.25) is 0 Å².